The summed E-state index contributed by atoms with van der Waals surface area (Å²) in [6, 6.07) is 1.72. The summed E-state index contributed by atoms with van der Waals surface area (Å²) in [5, 5.41) is 12.0. The van der Waals surface area contributed by atoms with Crippen LogP contribution in [0.1, 0.15) is 89.9 Å². The predicted octanol–water partition coefficient (Wildman–Crippen LogP) is 1.90. The van der Waals surface area contributed by atoms with E-state index < -0.39 is 0 Å². The number of fused-ring (bicyclic) bond motifs is 2. The summed E-state index contributed by atoms with van der Waals surface area (Å²) < 4.78 is 1.27. The van der Waals surface area contributed by atoms with Crippen LogP contribution in [0.25, 0.3) is 0 Å². The summed E-state index contributed by atoms with van der Waals surface area (Å²) in [6.45, 7) is 0. The molecule has 2 nitrogen and oxygen atoms in total. The number of nitrogens with zero attached hydrogens (tertiary/aromatic N) is 1. The van der Waals surface area contributed by atoms with E-state index in [9.17, 15) is 5.11 Å². The Hall–Kier alpha value is 0.650. The van der Waals surface area contributed by atoms with Gasteiger partial charge in [-0.05, 0) is 69.1 Å². The maximum Gasteiger partial charge on any atom is 0.0891 e. The zero-order valence-electron chi connectivity index (χ0n) is 16.6. The van der Waals surface area contributed by atoms with E-state index in [1.165, 1.54) is 88.0 Å². The van der Waals surface area contributed by atoms with E-state index in [2.05, 4.69) is 14.1 Å². The van der Waals surface area contributed by atoms with Gasteiger partial charge >= 0.3 is 0 Å². The highest BCUT2D eigenvalue weighted by atomic mass is 127. The maximum absolute atomic E-state index is 12.0. The molecule has 0 radical (unpaired) electrons. The Bertz CT molecular complexity index is 407. The van der Waals surface area contributed by atoms with E-state index in [4.69, 9.17) is 0 Å². The number of aliphatic hydroxyl groups is 1. The van der Waals surface area contributed by atoms with Crippen LogP contribution in [-0.2, 0) is 0 Å². The standard InChI is InChI=1S/C22H40NO.HI/c1-23(2)20-12-7-13-21(23)15-17(14-20)16-22(24,18-8-3-4-9-18)19-10-5-6-11-19;/h17-21,24H,3-16H2,1-2H3;1H/q+1;/p-1/t17?,20-,21+;. The molecule has 2 saturated carbocycles. The zero-order chi connectivity index (χ0) is 16.8. The van der Waals surface area contributed by atoms with Gasteiger partial charge in [0.15, 0.2) is 0 Å². The molecule has 3 atom stereocenters. The van der Waals surface area contributed by atoms with Crippen LogP contribution in [0, 0.1) is 17.8 Å². The first-order valence-corrected chi connectivity index (χ1v) is 11.1. The first kappa shape index (κ1) is 20.4. The number of hydrogen-bond acceptors (Lipinski definition) is 1. The van der Waals surface area contributed by atoms with Crippen molar-refractivity contribution in [2.24, 2.45) is 17.8 Å². The minimum absolute atomic E-state index is 0. The summed E-state index contributed by atoms with van der Waals surface area (Å²) in [7, 11) is 4.95. The molecule has 0 aromatic carbocycles. The van der Waals surface area contributed by atoms with Crippen molar-refractivity contribution in [2.75, 3.05) is 14.1 Å². The number of hydrogen-bond donors (Lipinski definition) is 1. The maximum atomic E-state index is 12.0. The van der Waals surface area contributed by atoms with Crippen molar-refractivity contribution < 1.29 is 33.6 Å². The van der Waals surface area contributed by atoms with E-state index in [0.717, 1.165) is 24.4 Å². The third-order valence-electron chi connectivity index (χ3n) is 8.91. The number of rotatable bonds is 4. The fourth-order valence-electron chi connectivity index (χ4n) is 7.34. The number of piperidine rings is 2. The quantitative estimate of drug-likeness (QED) is 0.501. The second-order valence-electron chi connectivity index (χ2n) is 10.4. The largest absolute Gasteiger partial charge is 1.00 e. The molecule has 0 spiro atoms. The highest BCUT2D eigenvalue weighted by Crippen LogP contribution is 2.50. The molecule has 4 rings (SSSR count). The Morgan fingerprint density at radius 2 is 1.20 bits per heavy atom. The molecule has 2 aliphatic carbocycles. The van der Waals surface area contributed by atoms with E-state index >= 15 is 0 Å². The normalized spacial score (nSPS) is 36.4. The average molecular weight is 461 g/mol. The molecule has 4 fully saturated rings. The molecule has 25 heavy (non-hydrogen) atoms. The van der Waals surface area contributed by atoms with Crippen LogP contribution >= 0.6 is 0 Å². The van der Waals surface area contributed by atoms with Gasteiger partial charge in [0.1, 0.15) is 0 Å². The van der Waals surface area contributed by atoms with Gasteiger partial charge in [-0.2, -0.15) is 0 Å². The van der Waals surface area contributed by atoms with E-state index in [-0.39, 0.29) is 29.6 Å². The Morgan fingerprint density at radius 3 is 1.64 bits per heavy atom. The highest BCUT2D eigenvalue weighted by Gasteiger charge is 2.51. The number of halogens is 1. The van der Waals surface area contributed by atoms with E-state index in [0.29, 0.717) is 11.8 Å². The van der Waals surface area contributed by atoms with Gasteiger partial charge in [-0.25, -0.2) is 0 Å². The van der Waals surface area contributed by atoms with Gasteiger partial charge in [-0.3, -0.25) is 0 Å². The molecule has 146 valence electrons. The second-order valence-corrected chi connectivity index (χ2v) is 10.4. The molecule has 1 unspecified atom stereocenters. The van der Waals surface area contributed by atoms with Crippen molar-refractivity contribution >= 4 is 0 Å². The Morgan fingerprint density at radius 1 is 0.760 bits per heavy atom. The topological polar surface area (TPSA) is 20.2 Å². The molecule has 2 aliphatic heterocycles. The first-order valence-electron chi connectivity index (χ1n) is 11.1. The van der Waals surface area contributed by atoms with Crippen molar-refractivity contribution in [1.82, 2.24) is 0 Å². The van der Waals surface area contributed by atoms with Crippen molar-refractivity contribution in [3.63, 3.8) is 0 Å². The lowest BCUT2D eigenvalue weighted by Crippen LogP contribution is -3.00. The molecule has 2 saturated heterocycles. The van der Waals surface area contributed by atoms with Crippen molar-refractivity contribution in [3.8, 4) is 0 Å². The molecule has 2 bridgehead atoms. The predicted molar refractivity (Wildman–Crippen MR) is 99.7 cm³/mol. The Labute approximate surface area is 172 Å². The van der Waals surface area contributed by atoms with Crippen molar-refractivity contribution in [1.29, 1.82) is 0 Å². The highest BCUT2D eigenvalue weighted by molar-refractivity contribution is 4.99. The van der Waals surface area contributed by atoms with Crippen LogP contribution in [-0.4, -0.2) is 41.4 Å². The summed E-state index contributed by atoms with van der Waals surface area (Å²) in [5.41, 5.74) is -0.319. The molecule has 4 aliphatic rings. The lowest BCUT2D eigenvalue weighted by molar-refractivity contribution is -0.950. The van der Waals surface area contributed by atoms with Gasteiger partial charge in [0, 0.05) is 12.8 Å². The SMILES string of the molecule is C[N+]1(C)[C@@H]2CCC[C@H]1CC(CC(O)(C1CCCC1)C1CCCC1)C2.[I-]. The lowest BCUT2D eigenvalue weighted by atomic mass is 9.66. The minimum atomic E-state index is -0.319. The molecule has 3 heteroatoms. The van der Waals surface area contributed by atoms with E-state index in [1.807, 2.05) is 0 Å². The van der Waals surface area contributed by atoms with Gasteiger partial charge in [0.05, 0.1) is 31.8 Å². The first-order chi connectivity index (χ1) is 11.5. The van der Waals surface area contributed by atoms with Gasteiger partial charge < -0.3 is 33.6 Å². The van der Waals surface area contributed by atoms with E-state index in [1.54, 1.807) is 0 Å². The van der Waals surface area contributed by atoms with Crippen LogP contribution in [0.15, 0.2) is 0 Å². The Balaban J connectivity index is 0.00000182. The smallest absolute Gasteiger partial charge is 0.0891 e. The summed E-state index contributed by atoms with van der Waals surface area (Å²) in [4.78, 5) is 0. The van der Waals surface area contributed by atoms with Gasteiger partial charge in [-0.1, -0.05) is 25.7 Å². The van der Waals surface area contributed by atoms with Crippen LogP contribution in [0.4, 0.5) is 0 Å². The molecule has 2 heterocycles. The van der Waals surface area contributed by atoms with Gasteiger partial charge in [0.25, 0.3) is 0 Å². The van der Waals surface area contributed by atoms with Crippen LogP contribution < -0.4 is 24.0 Å². The van der Waals surface area contributed by atoms with Crippen LogP contribution in [0.3, 0.4) is 0 Å². The summed E-state index contributed by atoms with van der Waals surface area (Å²) in [5.74, 6) is 2.02. The third kappa shape index (κ3) is 3.81. The fourth-order valence-corrected chi connectivity index (χ4v) is 7.34. The summed E-state index contributed by atoms with van der Waals surface area (Å²) in [6.07, 6.45) is 18.8. The molecule has 1 N–H and O–H groups in total. The van der Waals surface area contributed by atoms with Crippen molar-refractivity contribution in [3.05, 3.63) is 0 Å². The van der Waals surface area contributed by atoms with Crippen LogP contribution in [0.5, 0.6) is 0 Å². The molecular formula is C22H40INO. The van der Waals surface area contributed by atoms with Gasteiger partial charge in [0.2, 0.25) is 0 Å². The van der Waals surface area contributed by atoms with Gasteiger partial charge in [-0.15, -0.1) is 0 Å². The minimum Gasteiger partial charge on any atom is -1.00 e. The molecule has 0 aromatic heterocycles. The second kappa shape index (κ2) is 7.95. The number of quaternary nitrogens is 1. The summed E-state index contributed by atoms with van der Waals surface area (Å²) >= 11 is 0. The zero-order valence-corrected chi connectivity index (χ0v) is 18.7. The molecule has 0 aromatic rings. The molecule has 0 amide bonds. The molecular weight excluding hydrogens is 421 g/mol. The fraction of sp³-hybridized carbons (Fsp3) is 1.00. The lowest BCUT2D eigenvalue weighted by Gasteiger charge is -2.54. The average Bonchev–Trinajstić information content (AvgIpc) is 3.22. The monoisotopic (exact) mass is 461 g/mol. The Kier molecular flexibility index (Phi) is 6.48. The van der Waals surface area contributed by atoms with Crippen LogP contribution in [0.2, 0.25) is 0 Å². The third-order valence-corrected chi connectivity index (χ3v) is 8.91. The van der Waals surface area contributed by atoms with Crippen molar-refractivity contribution in [2.45, 2.75) is 108 Å².